The molecule has 1 atom stereocenters. The number of nitriles is 1. The standard InChI is InChI=1S/C24H22N6O2S/c1-24(15-25,17-11-12-17)26-20(31)14-33-23-28-27-22-29(13-16-7-3-2-4-8-16)21(32)18-9-5-6-10-19(18)30(22)23/h2-10,17H,11-14H2,1H3,(H,26,31). The lowest BCUT2D eigenvalue weighted by Gasteiger charge is -2.22. The van der Waals surface area contributed by atoms with Crippen molar-refractivity contribution in [2.24, 2.45) is 5.92 Å². The second kappa shape index (κ2) is 8.37. The van der Waals surface area contributed by atoms with Gasteiger partial charge < -0.3 is 5.32 Å². The molecule has 1 saturated carbocycles. The van der Waals surface area contributed by atoms with Gasteiger partial charge in [0.2, 0.25) is 11.7 Å². The van der Waals surface area contributed by atoms with Gasteiger partial charge in [0.25, 0.3) is 5.56 Å². The van der Waals surface area contributed by atoms with Crippen LogP contribution in [0.15, 0.2) is 64.5 Å². The Balaban J connectivity index is 1.50. The van der Waals surface area contributed by atoms with Gasteiger partial charge in [0.1, 0.15) is 5.54 Å². The molecule has 33 heavy (non-hydrogen) atoms. The number of nitrogens with one attached hydrogen (secondary N) is 1. The number of rotatable bonds is 7. The summed E-state index contributed by atoms with van der Waals surface area (Å²) in [5.41, 5.74) is 0.685. The van der Waals surface area contributed by atoms with Crippen molar-refractivity contribution in [2.75, 3.05) is 5.75 Å². The first kappa shape index (κ1) is 21.2. The highest BCUT2D eigenvalue weighted by molar-refractivity contribution is 7.99. The normalized spacial score (nSPS) is 15.3. The molecular weight excluding hydrogens is 436 g/mol. The van der Waals surface area contributed by atoms with Crippen molar-refractivity contribution in [1.82, 2.24) is 24.5 Å². The van der Waals surface area contributed by atoms with Crippen LogP contribution in [0, 0.1) is 17.2 Å². The van der Waals surface area contributed by atoms with Gasteiger partial charge in [0.15, 0.2) is 5.16 Å². The van der Waals surface area contributed by atoms with Gasteiger partial charge in [-0.1, -0.05) is 54.2 Å². The zero-order chi connectivity index (χ0) is 23.0. The van der Waals surface area contributed by atoms with Crippen molar-refractivity contribution >= 4 is 34.3 Å². The Kier molecular flexibility index (Phi) is 5.38. The van der Waals surface area contributed by atoms with Crippen molar-refractivity contribution in [1.29, 1.82) is 5.26 Å². The predicted molar refractivity (Wildman–Crippen MR) is 126 cm³/mol. The Bertz CT molecular complexity index is 1450. The van der Waals surface area contributed by atoms with Crippen molar-refractivity contribution < 1.29 is 4.79 Å². The lowest BCUT2D eigenvalue weighted by Crippen LogP contribution is -2.47. The Morgan fingerprint density at radius 2 is 1.91 bits per heavy atom. The number of benzene rings is 2. The minimum absolute atomic E-state index is 0.0942. The molecule has 0 radical (unpaired) electrons. The molecule has 2 heterocycles. The number of nitrogens with zero attached hydrogens (tertiary/aromatic N) is 5. The summed E-state index contributed by atoms with van der Waals surface area (Å²) in [5.74, 6) is 0.498. The third-order valence-electron chi connectivity index (χ3n) is 6.02. The van der Waals surface area contributed by atoms with E-state index in [1.807, 2.05) is 52.9 Å². The number of hydrogen-bond acceptors (Lipinski definition) is 6. The van der Waals surface area contributed by atoms with E-state index >= 15 is 0 Å². The van der Waals surface area contributed by atoms with E-state index in [1.165, 1.54) is 11.8 Å². The van der Waals surface area contributed by atoms with Crippen LogP contribution in [0.3, 0.4) is 0 Å². The van der Waals surface area contributed by atoms with Crippen LogP contribution in [0.5, 0.6) is 0 Å². The minimum atomic E-state index is -0.840. The number of fused-ring (bicyclic) bond motifs is 3. The van der Waals surface area contributed by atoms with E-state index in [0.717, 1.165) is 18.4 Å². The number of carbonyl (C=O) groups is 1. The number of hydrogen-bond donors (Lipinski definition) is 1. The van der Waals surface area contributed by atoms with E-state index in [0.29, 0.717) is 28.4 Å². The molecule has 0 saturated heterocycles. The molecule has 2 aromatic carbocycles. The van der Waals surface area contributed by atoms with Crippen molar-refractivity contribution in [2.45, 2.75) is 37.0 Å². The zero-order valence-electron chi connectivity index (χ0n) is 18.1. The Hall–Kier alpha value is -3.64. The summed E-state index contributed by atoms with van der Waals surface area (Å²) in [7, 11) is 0. The molecule has 1 aliphatic rings. The molecule has 0 aliphatic heterocycles. The maximum Gasteiger partial charge on any atom is 0.263 e. The van der Waals surface area contributed by atoms with Gasteiger partial charge in [-0.15, -0.1) is 10.2 Å². The quantitative estimate of drug-likeness (QED) is 0.427. The summed E-state index contributed by atoms with van der Waals surface area (Å²) in [5, 5.41) is 22.0. The minimum Gasteiger partial charge on any atom is -0.337 e. The summed E-state index contributed by atoms with van der Waals surface area (Å²) in [4.78, 5) is 25.9. The summed E-state index contributed by atoms with van der Waals surface area (Å²) in [6.07, 6.45) is 1.91. The summed E-state index contributed by atoms with van der Waals surface area (Å²) in [6.45, 7) is 2.13. The van der Waals surface area contributed by atoms with E-state index in [2.05, 4.69) is 21.6 Å². The molecule has 4 aromatic rings. The average Bonchev–Trinajstić information content (AvgIpc) is 3.62. The van der Waals surface area contributed by atoms with Crippen LogP contribution in [0.25, 0.3) is 16.7 Å². The lowest BCUT2D eigenvalue weighted by molar-refractivity contribution is -0.119. The topological polar surface area (TPSA) is 105 Å². The smallest absolute Gasteiger partial charge is 0.263 e. The molecule has 8 nitrogen and oxygen atoms in total. The first-order chi connectivity index (χ1) is 16.0. The van der Waals surface area contributed by atoms with Crippen molar-refractivity contribution in [3.05, 3.63) is 70.5 Å². The number of thioether (sulfide) groups is 1. The summed E-state index contributed by atoms with van der Waals surface area (Å²) >= 11 is 1.24. The Labute approximate surface area is 194 Å². The van der Waals surface area contributed by atoms with Crippen LogP contribution in [0.2, 0.25) is 0 Å². The molecule has 1 amide bonds. The highest BCUT2D eigenvalue weighted by atomic mass is 32.2. The zero-order valence-corrected chi connectivity index (χ0v) is 18.9. The van der Waals surface area contributed by atoms with Crippen molar-refractivity contribution in [3.63, 3.8) is 0 Å². The van der Waals surface area contributed by atoms with E-state index in [1.54, 1.807) is 17.6 Å². The maximum absolute atomic E-state index is 13.3. The molecule has 1 fully saturated rings. The van der Waals surface area contributed by atoms with Gasteiger partial charge in [0, 0.05) is 0 Å². The van der Waals surface area contributed by atoms with Crippen LogP contribution in [-0.4, -0.2) is 36.4 Å². The highest BCUT2D eigenvalue weighted by Crippen LogP contribution is 2.39. The largest absolute Gasteiger partial charge is 0.337 e. The maximum atomic E-state index is 13.3. The monoisotopic (exact) mass is 458 g/mol. The lowest BCUT2D eigenvalue weighted by atomic mass is 9.98. The van der Waals surface area contributed by atoms with Gasteiger partial charge in [-0.3, -0.25) is 18.6 Å². The fourth-order valence-corrected chi connectivity index (χ4v) is 4.81. The van der Waals surface area contributed by atoms with Crippen LogP contribution >= 0.6 is 11.8 Å². The van der Waals surface area contributed by atoms with E-state index in [9.17, 15) is 14.9 Å². The van der Waals surface area contributed by atoms with Crippen LogP contribution in [0.4, 0.5) is 0 Å². The Morgan fingerprint density at radius 3 is 2.64 bits per heavy atom. The molecule has 9 heteroatoms. The molecule has 1 unspecified atom stereocenters. The van der Waals surface area contributed by atoms with Crippen LogP contribution in [0.1, 0.15) is 25.3 Å². The van der Waals surface area contributed by atoms with E-state index < -0.39 is 5.54 Å². The van der Waals surface area contributed by atoms with Crippen LogP contribution in [-0.2, 0) is 11.3 Å². The van der Waals surface area contributed by atoms with Gasteiger partial charge in [-0.25, -0.2) is 0 Å². The summed E-state index contributed by atoms with van der Waals surface area (Å²) < 4.78 is 3.43. The molecule has 2 aromatic heterocycles. The highest BCUT2D eigenvalue weighted by Gasteiger charge is 2.43. The Morgan fingerprint density at radius 1 is 1.18 bits per heavy atom. The molecule has 0 bridgehead atoms. The SMILES string of the molecule is CC(C#N)(NC(=O)CSc1nnc2n(Cc3ccccc3)c(=O)c3ccccc3n12)C1CC1. The number of para-hydroxylation sites is 1. The second-order valence-corrected chi connectivity index (χ2v) is 9.38. The average molecular weight is 459 g/mol. The molecular formula is C24H22N6O2S. The third-order valence-corrected chi connectivity index (χ3v) is 6.95. The van der Waals surface area contributed by atoms with E-state index in [-0.39, 0.29) is 23.1 Å². The first-order valence-corrected chi connectivity index (χ1v) is 11.7. The fourth-order valence-electron chi connectivity index (χ4n) is 4.07. The van der Waals surface area contributed by atoms with Crippen LogP contribution < -0.4 is 10.9 Å². The van der Waals surface area contributed by atoms with Gasteiger partial charge >= 0.3 is 0 Å². The number of carbonyl (C=O) groups excluding carboxylic acids is 1. The van der Waals surface area contributed by atoms with Gasteiger partial charge in [0.05, 0.1) is 29.3 Å². The second-order valence-electron chi connectivity index (χ2n) is 8.44. The van der Waals surface area contributed by atoms with E-state index in [4.69, 9.17) is 0 Å². The first-order valence-electron chi connectivity index (χ1n) is 10.8. The fraction of sp³-hybridized carbons (Fsp3) is 0.292. The molecule has 1 aliphatic carbocycles. The number of aromatic nitrogens is 4. The summed E-state index contributed by atoms with van der Waals surface area (Å²) in [6, 6.07) is 19.3. The molecule has 1 N–H and O–H groups in total. The molecule has 0 spiro atoms. The molecule has 166 valence electrons. The number of amides is 1. The molecule has 5 rings (SSSR count). The third kappa shape index (κ3) is 3.98. The van der Waals surface area contributed by atoms with Gasteiger partial charge in [-0.05, 0) is 43.4 Å². The van der Waals surface area contributed by atoms with Gasteiger partial charge in [-0.2, -0.15) is 5.26 Å². The predicted octanol–water partition coefficient (Wildman–Crippen LogP) is 2.99. The van der Waals surface area contributed by atoms with Crippen molar-refractivity contribution in [3.8, 4) is 6.07 Å².